The lowest BCUT2D eigenvalue weighted by molar-refractivity contribution is -0.385. The molecule has 6 nitrogen and oxygen atoms in total. The lowest BCUT2D eigenvalue weighted by Crippen LogP contribution is -2.30. The van der Waals surface area contributed by atoms with Gasteiger partial charge >= 0.3 is 5.69 Å². The second-order valence-corrected chi connectivity index (χ2v) is 4.68. The number of nitrogens with one attached hydrogen (secondary N) is 1. The quantitative estimate of drug-likeness (QED) is 0.477. The molecule has 0 bridgehead atoms. The van der Waals surface area contributed by atoms with Gasteiger partial charge in [-0.3, -0.25) is 14.9 Å². The fourth-order valence-electron chi connectivity index (χ4n) is 1.59. The molecular formula is C13H17ClN2O4. The molecule has 0 saturated heterocycles. The van der Waals surface area contributed by atoms with Crippen molar-refractivity contribution < 1.29 is 14.5 Å². The fraction of sp³-hybridized carbons (Fsp3) is 0.462. The summed E-state index contributed by atoms with van der Waals surface area (Å²) in [6.45, 7) is 4.14. The average Bonchev–Trinajstić information content (AvgIpc) is 2.44. The largest absolute Gasteiger partial charge is 0.487 e. The van der Waals surface area contributed by atoms with E-state index in [0.717, 1.165) is 6.42 Å². The second kappa shape index (κ2) is 7.69. The van der Waals surface area contributed by atoms with Crippen LogP contribution in [0.25, 0.3) is 0 Å². The zero-order valence-corrected chi connectivity index (χ0v) is 12.1. The standard InChI is InChI=1S/C13H17ClN2O4/c1-3-9(14)8-15-13(17)10-6-5-7-11(16(18)19)12(10)20-4-2/h5-7,9H,3-4,8H2,1-2H3,(H,15,17). The Morgan fingerprint density at radius 1 is 1.50 bits per heavy atom. The lowest BCUT2D eigenvalue weighted by Gasteiger charge is -2.12. The Morgan fingerprint density at radius 2 is 2.20 bits per heavy atom. The summed E-state index contributed by atoms with van der Waals surface area (Å²) < 4.78 is 5.25. The monoisotopic (exact) mass is 300 g/mol. The predicted molar refractivity (Wildman–Crippen MR) is 76.5 cm³/mol. The fourth-order valence-corrected chi connectivity index (χ4v) is 1.66. The second-order valence-electron chi connectivity index (χ2n) is 4.06. The van der Waals surface area contributed by atoms with E-state index in [-0.39, 0.29) is 29.0 Å². The van der Waals surface area contributed by atoms with Crippen molar-refractivity contribution in [1.82, 2.24) is 5.32 Å². The van der Waals surface area contributed by atoms with Crippen LogP contribution in [0.15, 0.2) is 18.2 Å². The molecule has 1 amide bonds. The summed E-state index contributed by atoms with van der Waals surface area (Å²) in [5.74, 6) is -0.448. The number of nitrogens with zero attached hydrogens (tertiary/aromatic N) is 1. The first-order valence-electron chi connectivity index (χ1n) is 6.33. The number of carbonyl (C=O) groups excluding carboxylic acids is 1. The van der Waals surface area contributed by atoms with Gasteiger partial charge in [0, 0.05) is 12.6 Å². The van der Waals surface area contributed by atoms with Gasteiger partial charge in [0.25, 0.3) is 5.91 Å². The van der Waals surface area contributed by atoms with Crippen molar-refractivity contribution >= 4 is 23.2 Å². The van der Waals surface area contributed by atoms with Crippen molar-refractivity contribution in [2.75, 3.05) is 13.2 Å². The van der Waals surface area contributed by atoms with Crippen LogP contribution in [0.5, 0.6) is 5.75 Å². The molecule has 0 heterocycles. The Kier molecular flexibility index (Phi) is 6.24. The smallest absolute Gasteiger partial charge is 0.311 e. The molecule has 0 fully saturated rings. The van der Waals surface area contributed by atoms with Gasteiger partial charge in [0.15, 0.2) is 0 Å². The number of para-hydroxylation sites is 1. The number of nitro groups is 1. The molecule has 0 aromatic heterocycles. The van der Waals surface area contributed by atoms with Crippen LogP contribution in [-0.2, 0) is 0 Å². The number of hydrogen-bond donors (Lipinski definition) is 1. The van der Waals surface area contributed by atoms with Crippen molar-refractivity contribution in [3.8, 4) is 5.75 Å². The Labute approximate surface area is 122 Å². The van der Waals surface area contributed by atoms with Crippen LogP contribution in [0.2, 0.25) is 0 Å². The van der Waals surface area contributed by atoms with E-state index in [1.54, 1.807) is 6.92 Å². The summed E-state index contributed by atoms with van der Waals surface area (Å²) >= 11 is 5.93. The van der Waals surface area contributed by atoms with Gasteiger partial charge in [-0.1, -0.05) is 13.0 Å². The van der Waals surface area contributed by atoms with Crippen LogP contribution < -0.4 is 10.1 Å². The number of alkyl halides is 1. The summed E-state index contributed by atoms with van der Waals surface area (Å²) in [5, 5.41) is 13.4. The third-order valence-electron chi connectivity index (χ3n) is 2.65. The zero-order chi connectivity index (χ0) is 15.1. The van der Waals surface area contributed by atoms with Crippen LogP contribution in [0, 0.1) is 10.1 Å². The molecule has 1 aromatic rings. The molecule has 0 spiro atoms. The Hall–Kier alpha value is -1.82. The van der Waals surface area contributed by atoms with Crippen molar-refractivity contribution in [2.24, 2.45) is 0 Å². The minimum atomic E-state index is -0.571. The molecule has 1 unspecified atom stereocenters. The molecule has 110 valence electrons. The van der Waals surface area contributed by atoms with E-state index >= 15 is 0 Å². The zero-order valence-electron chi connectivity index (χ0n) is 11.4. The van der Waals surface area contributed by atoms with E-state index in [1.165, 1.54) is 18.2 Å². The van der Waals surface area contributed by atoms with Gasteiger partial charge < -0.3 is 10.1 Å². The van der Waals surface area contributed by atoms with Crippen LogP contribution >= 0.6 is 11.6 Å². The van der Waals surface area contributed by atoms with E-state index in [2.05, 4.69) is 5.32 Å². The topological polar surface area (TPSA) is 81.5 Å². The van der Waals surface area contributed by atoms with Crippen LogP contribution in [0.1, 0.15) is 30.6 Å². The van der Waals surface area contributed by atoms with Crippen molar-refractivity contribution in [2.45, 2.75) is 25.6 Å². The van der Waals surface area contributed by atoms with E-state index < -0.39 is 10.8 Å². The highest BCUT2D eigenvalue weighted by Gasteiger charge is 2.23. The van der Waals surface area contributed by atoms with Crippen molar-refractivity contribution in [3.63, 3.8) is 0 Å². The minimum absolute atomic E-state index is 0.0138. The average molecular weight is 301 g/mol. The number of benzene rings is 1. The molecule has 0 aliphatic carbocycles. The molecule has 0 aliphatic heterocycles. The van der Waals surface area contributed by atoms with Gasteiger partial charge in [-0.25, -0.2) is 0 Å². The number of nitro benzene ring substituents is 1. The molecule has 0 saturated carbocycles. The maximum absolute atomic E-state index is 12.1. The molecule has 1 rings (SSSR count). The van der Waals surface area contributed by atoms with Gasteiger partial charge in [0.2, 0.25) is 5.75 Å². The summed E-state index contributed by atoms with van der Waals surface area (Å²) in [6, 6.07) is 4.24. The predicted octanol–water partition coefficient (Wildman–Crippen LogP) is 2.74. The maximum Gasteiger partial charge on any atom is 0.311 e. The number of hydrogen-bond acceptors (Lipinski definition) is 4. The van der Waals surface area contributed by atoms with E-state index in [4.69, 9.17) is 16.3 Å². The Bertz CT molecular complexity index is 493. The van der Waals surface area contributed by atoms with Crippen molar-refractivity contribution in [3.05, 3.63) is 33.9 Å². The van der Waals surface area contributed by atoms with Gasteiger partial charge in [-0.15, -0.1) is 11.6 Å². The summed E-state index contributed by atoms with van der Waals surface area (Å²) in [5.41, 5.74) is -0.0848. The van der Waals surface area contributed by atoms with E-state index in [9.17, 15) is 14.9 Å². The first kappa shape index (κ1) is 16.2. The summed E-state index contributed by atoms with van der Waals surface area (Å²) in [6.07, 6.45) is 0.717. The number of carbonyl (C=O) groups is 1. The van der Waals surface area contributed by atoms with Crippen LogP contribution in [-0.4, -0.2) is 29.4 Å². The highest BCUT2D eigenvalue weighted by Crippen LogP contribution is 2.30. The molecule has 1 aromatic carbocycles. The summed E-state index contributed by atoms with van der Waals surface area (Å²) in [7, 11) is 0. The summed E-state index contributed by atoms with van der Waals surface area (Å²) in [4.78, 5) is 22.4. The molecule has 1 atom stereocenters. The Balaban J connectivity index is 3.01. The van der Waals surface area contributed by atoms with Gasteiger partial charge in [-0.2, -0.15) is 0 Å². The number of rotatable bonds is 7. The van der Waals surface area contributed by atoms with E-state index in [0.29, 0.717) is 6.54 Å². The van der Waals surface area contributed by atoms with Gasteiger partial charge in [0.1, 0.15) is 0 Å². The van der Waals surface area contributed by atoms with Crippen molar-refractivity contribution in [1.29, 1.82) is 0 Å². The first-order valence-corrected chi connectivity index (χ1v) is 6.77. The lowest BCUT2D eigenvalue weighted by atomic mass is 10.1. The third-order valence-corrected chi connectivity index (χ3v) is 3.11. The minimum Gasteiger partial charge on any atom is -0.487 e. The van der Waals surface area contributed by atoms with E-state index in [1.807, 2.05) is 6.92 Å². The highest BCUT2D eigenvalue weighted by molar-refractivity contribution is 6.20. The molecule has 0 radical (unpaired) electrons. The number of ether oxygens (including phenoxy) is 1. The first-order chi connectivity index (χ1) is 9.51. The maximum atomic E-state index is 12.1. The Morgan fingerprint density at radius 3 is 2.75 bits per heavy atom. The molecule has 1 N–H and O–H groups in total. The number of halogens is 1. The molecule has 0 aliphatic rings. The highest BCUT2D eigenvalue weighted by atomic mass is 35.5. The molecule has 20 heavy (non-hydrogen) atoms. The number of amides is 1. The normalized spacial score (nSPS) is 11.8. The SMILES string of the molecule is CCOc1c(C(=O)NCC(Cl)CC)cccc1[N+](=O)[O-]. The van der Waals surface area contributed by atoms with Crippen LogP contribution in [0.4, 0.5) is 5.69 Å². The van der Waals surface area contributed by atoms with Gasteiger partial charge in [-0.05, 0) is 19.4 Å². The molecule has 7 heteroatoms. The third kappa shape index (κ3) is 4.09. The van der Waals surface area contributed by atoms with Gasteiger partial charge in [0.05, 0.1) is 22.5 Å². The van der Waals surface area contributed by atoms with Crippen LogP contribution in [0.3, 0.4) is 0 Å². The molecular weight excluding hydrogens is 284 g/mol.